The lowest BCUT2D eigenvalue weighted by Crippen LogP contribution is -1.99. The lowest BCUT2D eigenvalue weighted by molar-refractivity contribution is 0.106. The largest absolute Gasteiger partial charge is 0.305 e. The van der Waals surface area contributed by atoms with Crippen molar-refractivity contribution in [1.82, 2.24) is 0 Å². The quantitative estimate of drug-likeness (QED) is 0.642. The summed E-state index contributed by atoms with van der Waals surface area (Å²) < 4.78 is 0. The molecule has 0 unspecified atom stereocenters. The summed E-state index contributed by atoms with van der Waals surface area (Å²) >= 11 is 0. The second-order valence-electron chi connectivity index (χ2n) is 4.17. The van der Waals surface area contributed by atoms with Crippen molar-refractivity contribution in [3.63, 3.8) is 0 Å². The van der Waals surface area contributed by atoms with Gasteiger partial charge in [0.05, 0.1) is 12.4 Å². The number of Topliss-reactive ketones (excluding diaryl/α,β-unsaturated/α-hetero) is 2. The number of carbonyl (C=O) groups is 2. The van der Waals surface area contributed by atoms with Crippen LogP contribution in [0.15, 0.2) is 48.5 Å². The van der Waals surface area contributed by atoms with Gasteiger partial charge < -0.3 is 10.8 Å². The van der Waals surface area contributed by atoms with Gasteiger partial charge >= 0.3 is 0 Å². The van der Waals surface area contributed by atoms with E-state index in [9.17, 15) is 9.59 Å². The van der Waals surface area contributed by atoms with Crippen LogP contribution in [-0.4, -0.2) is 24.0 Å². The Kier molecular flexibility index (Phi) is 3.96. The number of rotatable bonds is 5. The predicted molar refractivity (Wildman–Crippen MR) is 78.1 cm³/mol. The Balaban J connectivity index is 2.28. The Hall–Kier alpha value is -2.88. The van der Waals surface area contributed by atoms with Crippen molar-refractivity contribution in [3.8, 4) is 11.1 Å². The van der Waals surface area contributed by atoms with Gasteiger partial charge in [-0.15, -0.1) is 0 Å². The van der Waals surface area contributed by atoms with Crippen molar-refractivity contribution in [1.29, 1.82) is 10.8 Å². The molecule has 0 bridgehead atoms. The third-order valence-corrected chi connectivity index (χ3v) is 2.93. The van der Waals surface area contributed by atoms with Crippen molar-refractivity contribution in [2.24, 2.45) is 0 Å². The molecule has 2 aromatic carbocycles. The third kappa shape index (κ3) is 2.75. The van der Waals surface area contributed by atoms with Gasteiger partial charge in [0.25, 0.3) is 0 Å². The summed E-state index contributed by atoms with van der Waals surface area (Å²) in [4.78, 5) is 22.6. The first kappa shape index (κ1) is 13.5. The van der Waals surface area contributed by atoms with Gasteiger partial charge in [-0.1, -0.05) is 48.5 Å². The molecule has 0 aromatic heterocycles. The molecule has 2 aromatic rings. The van der Waals surface area contributed by atoms with E-state index in [1.165, 1.54) is 0 Å². The van der Waals surface area contributed by atoms with Gasteiger partial charge in [0, 0.05) is 11.1 Å². The number of hydrogen-bond acceptors (Lipinski definition) is 4. The van der Waals surface area contributed by atoms with Gasteiger partial charge in [-0.3, -0.25) is 9.59 Å². The Labute approximate surface area is 116 Å². The van der Waals surface area contributed by atoms with E-state index >= 15 is 0 Å². The monoisotopic (exact) mass is 264 g/mol. The zero-order valence-corrected chi connectivity index (χ0v) is 10.6. The molecule has 98 valence electrons. The first-order chi connectivity index (χ1) is 9.65. The van der Waals surface area contributed by atoms with Gasteiger partial charge in [-0.2, -0.15) is 0 Å². The third-order valence-electron chi connectivity index (χ3n) is 2.93. The number of carbonyl (C=O) groups excluding carboxylic acids is 2. The number of benzene rings is 2. The Morgan fingerprint density at radius 3 is 1.20 bits per heavy atom. The van der Waals surface area contributed by atoms with E-state index in [1.807, 2.05) is 0 Å². The smallest absolute Gasteiger partial charge is 0.203 e. The molecular formula is C16H12N2O2. The summed E-state index contributed by atoms with van der Waals surface area (Å²) in [5.41, 5.74) is 2.78. The normalized spacial score (nSPS) is 9.80. The Morgan fingerprint density at radius 1 is 0.650 bits per heavy atom. The molecule has 0 atom stereocenters. The van der Waals surface area contributed by atoms with Crippen LogP contribution >= 0.6 is 0 Å². The molecule has 0 fully saturated rings. The molecule has 20 heavy (non-hydrogen) atoms. The summed E-state index contributed by atoms with van der Waals surface area (Å²) in [5.74, 6) is -0.660. The van der Waals surface area contributed by atoms with E-state index in [0.29, 0.717) is 11.1 Å². The fourth-order valence-corrected chi connectivity index (χ4v) is 1.82. The maximum Gasteiger partial charge on any atom is 0.203 e. The average Bonchev–Trinajstić information content (AvgIpc) is 2.53. The average molecular weight is 264 g/mol. The minimum Gasteiger partial charge on any atom is -0.305 e. The topological polar surface area (TPSA) is 81.8 Å². The van der Waals surface area contributed by atoms with E-state index in [4.69, 9.17) is 10.8 Å². The Morgan fingerprint density at radius 2 is 0.950 bits per heavy atom. The SMILES string of the molecule is N=CC(=O)c1ccc(-c2ccc(C(=O)C=N)cc2)cc1. The van der Waals surface area contributed by atoms with E-state index in [1.54, 1.807) is 48.5 Å². The van der Waals surface area contributed by atoms with Gasteiger partial charge in [0.15, 0.2) is 0 Å². The first-order valence-corrected chi connectivity index (χ1v) is 5.96. The zero-order chi connectivity index (χ0) is 14.5. The van der Waals surface area contributed by atoms with Crippen LogP contribution < -0.4 is 0 Å². The molecule has 0 heterocycles. The van der Waals surface area contributed by atoms with Crippen LogP contribution in [0.25, 0.3) is 11.1 Å². The Bertz CT molecular complexity index is 609. The minimum absolute atomic E-state index is 0.330. The van der Waals surface area contributed by atoms with E-state index in [2.05, 4.69) is 0 Å². The molecule has 0 radical (unpaired) electrons. The zero-order valence-electron chi connectivity index (χ0n) is 10.6. The van der Waals surface area contributed by atoms with Crippen LogP contribution in [0.3, 0.4) is 0 Å². The predicted octanol–water partition coefficient (Wildman–Crippen LogP) is 3.02. The summed E-state index contributed by atoms with van der Waals surface area (Å²) in [6.45, 7) is 0. The molecule has 0 amide bonds. The maximum absolute atomic E-state index is 11.3. The molecule has 0 aliphatic carbocycles. The fraction of sp³-hybridized carbons (Fsp3) is 0. The van der Waals surface area contributed by atoms with E-state index in [-0.39, 0.29) is 11.6 Å². The molecular weight excluding hydrogens is 252 g/mol. The van der Waals surface area contributed by atoms with Crippen LogP contribution in [0.2, 0.25) is 0 Å². The highest BCUT2D eigenvalue weighted by atomic mass is 16.1. The molecule has 4 nitrogen and oxygen atoms in total. The summed E-state index contributed by atoms with van der Waals surface area (Å²) in [7, 11) is 0. The first-order valence-electron chi connectivity index (χ1n) is 5.96. The lowest BCUT2D eigenvalue weighted by atomic mass is 10.0. The standard InChI is InChI=1S/C16H12N2O2/c17-9-15(19)13-5-1-11(2-6-13)12-3-7-14(8-4-12)16(20)10-18/h1-10,17-18H. The number of ketones is 2. The summed E-state index contributed by atoms with van der Waals surface area (Å²) in [6.07, 6.45) is 1.57. The molecule has 0 aliphatic rings. The molecule has 0 saturated heterocycles. The second kappa shape index (κ2) is 5.84. The van der Waals surface area contributed by atoms with Crippen molar-refractivity contribution in [2.75, 3.05) is 0 Å². The van der Waals surface area contributed by atoms with Crippen LogP contribution in [0.1, 0.15) is 20.7 Å². The summed E-state index contributed by atoms with van der Waals surface area (Å²) in [6, 6.07) is 13.8. The second-order valence-corrected chi connectivity index (χ2v) is 4.17. The van der Waals surface area contributed by atoms with Crippen molar-refractivity contribution in [3.05, 3.63) is 59.7 Å². The van der Waals surface area contributed by atoms with Crippen LogP contribution in [-0.2, 0) is 0 Å². The van der Waals surface area contributed by atoms with Crippen LogP contribution in [0, 0.1) is 10.8 Å². The van der Waals surface area contributed by atoms with Crippen molar-refractivity contribution < 1.29 is 9.59 Å². The fourth-order valence-electron chi connectivity index (χ4n) is 1.82. The highest BCUT2D eigenvalue weighted by Crippen LogP contribution is 2.20. The van der Waals surface area contributed by atoms with Crippen molar-refractivity contribution in [2.45, 2.75) is 0 Å². The number of hydrogen-bond donors (Lipinski definition) is 2. The molecule has 4 heteroatoms. The molecule has 2 N–H and O–H groups in total. The molecule has 2 rings (SSSR count). The maximum atomic E-state index is 11.3. The van der Waals surface area contributed by atoms with Crippen LogP contribution in [0.5, 0.6) is 0 Å². The molecule has 0 spiro atoms. The lowest BCUT2D eigenvalue weighted by Gasteiger charge is -2.03. The highest BCUT2D eigenvalue weighted by Gasteiger charge is 2.05. The van der Waals surface area contributed by atoms with Gasteiger partial charge in [-0.05, 0) is 11.1 Å². The molecule has 0 aliphatic heterocycles. The molecule has 0 saturated carbocycles. The highest BCUT2D eigenvalue weighted by molar-refractivity contribution is 6.34. The minimum atomic E-state index is -0.330. The van der Waals surface area contributed by atoms with Gasteiger partial charge in [-0.25, -0.2) is 0 Å². The van der Waals surface area contributed by atoms with Gasteiger partial charge in [0.1, 0.15) is 0 Å². The van der Waals surface area contributed by atoms with E-state index in [0.717, 1.165) is 23.6 Å². The van der Waals surface area contributed by atoms with Gasteiger partial charge in [0.2, 0.25) is 11.6 Å². The summed E-state index contributed by atoms with van der Waals surface area (Å²) in [5, 5.41) is 13.8. The van der Waals surface area contributed by atoms with Crippen molar-refractivity contribution >= 4 is 24.0 Å². The van der Waals surface area contributed by atoms with Crippen LogP contribution in [0.4, 0.5) is 0 Å². The number of nitrogens with one attached hydrogen (secondary N) is 2. The van der Waals surface area contributed by atoms with E-state index < -0.39 is 0 Å².